The monoisotopic (exact) mass is 352 g/mol. The first kappa shape index (κ1) is 17.3. The van der Waals surface area contributed by atoms with E-state index in [1.807, 2.05) is 7.05 Å². The molecule has 0 atom stereocenters. The molecule has 1 aliphatic heterocycles. The molecule has 1 saturated carbocycles. The Morgan fingerprint density at radius 2 is 1.96 bits per heavy atom. The first-order chi connectivity index (χ1) is 11.3. The average Bonchev–Trinajstić information content (AvgIpc) is 3.32. The number of rotatable bonds is 4. The summed E-state index contributed by atoms with van der Waals surface area (Å²) in [6.07, 6.45) is 2.14. The number of nitrogens with zero attached hydrogens (tertiary/aromatic N) is 2. The number of hydrogen-bond donors (Lipinski definition) is 2. The van der Waals surface area contributed by atoms with E-state index in [1.165, 1.54) is 10.4 Å². The van der Waals surface area contributed by atoms with Crippen LogP contribution in [0.2, 0.25) is 0 Å². The molecule has 1 aromatic rings. The van der Waals surface area contributed by atoms with Crippen LogP contribution in [0, 0.1) is 0 Å². The molecule has 0 aromatic heterocycles. The summed E-state index contributed by atoms with van der Waals surface area (Å²) >= 11 is 0. The van der Waals surface area contributed by atoms with Gasteiger partial charge in [-0.15, -0.1) is 0 Å². The van der Waals surface area contributed by atoms with Crippen LogP contribution in [-0.4, -0.2) is 62.3 Å². The third kappa shape index (κ3) is 3.61. The number of carbonyl (C=O) groups excluding carboxylic acids is 1. The van der Waals surface area contributed by atoms with Gasteiger partial charge in [0.2, 0.25) is 15.9 Å². The zero-order chi connectivity index (χ0) is 17.4. The topological polar surface area (TPSA) is 95.7 Å². The third-order valence-electron chi connectivity index (χ3n) is 4.65. The van der Waals surface area contributed by atoms with Crippen LogP contribution in [0.1, 0.15) is 19.3 Å². The lowest BCUT2D eigenvalue weighted by atomic mass is 10.2. The number of nitrogens with two attached hydrogens (primary N) is 1. The van der Waals surface area contributed by atoms with Gasteiger partial charge in [0, 0.05) is 25.3 Å². The fourth-order valence-electron chi connectivity index (χ4n) is 2.76. The van der Waals surface area contributed by atoms with Crippen molar-refractivity contribution >= 4 is 21.6 Å². The second kappa shape index (κ2) is 6.44. The molecular formula is C16H24N4O3S. The second-order valence-electron chi connectivity index (χ2n) is 6.70. The van der Waals surface area contributed by atoms with E-state index in [-0.39, 0.29) is 10.8 Å². The molecule has 0 bridgehead atoms. The molecule has 1 heterocycles. The molecule has 1 saturated heterocycles. The smallest absolute Gasteiger partial charge is 0.244 e. The molecule has 0 spiro atoms. The van der Waals surface area contributed by atoms with Crippen LogP contribution in [0.15, 0.2) is 29.2 Å². The standard InChI is InChI=1S/C16H24N4O3S/c1-19-8-3-9-20(11-10-19)24(22,23)14-5-2-4-13(12-14)18-15(21)16(17)6-7-16/h2,4-5,12H,3,6-11,17H2,1H3,(H,18,21). The predicted octanol–water partition coefficient (Wildman–Crippen LogP) is 0.443. The predicted molar refractivity (Wildman–Crippen MR) is 92.1 cm³/mol. The van der Waals surface area contributed by atoms with Crippen LogP contribution in [-0.2, 0) is 14.8 Å². The van der Waals surface area contributed by atoms with Crippen molar-refractivity contribution in [3.8, 4) is 0 Å². The fourth-order valence-corrected chi connectivity index (χ4v) is 4.28. The maximum atomic E-state index is 12.9. The molecule has 1 aromatic carbocycles. The van der Waals surface area contributed by atoms with Crippen LogP contribution in [0.3, 0.4) is 0 Å². The zero-order valence-electron chi connectivity index (χ0n) is 13.9. The number of likely N-dealkylation sites (N-methyl/N-ethyl adjacent to an activating group) is 1. The lowest BCUT2D eigenvalue weighted by Gasteiger charge is -2.20. The summed E-state index contributed by atoms with van der Waals surface area (Å²) in [4.78, 5) is 14.4. The second-order valence-corrected chi connectivity index (χ2v) is 8.64. The van der Waals surface area contributed by atoms with Crippen LogP contribution < -0.4 is 11.1 Å². The van der Waals surface area contributed by atoms with Crippen molar-refractivity contribution in [2.75, 3.05) is 38.5 Å². The van der Waals surface area contributed by atoms with Crippen molar-refractivity contribution in [1.82, 2.24) is 9.21 Å². The highest BCUT2D eigenvalue weighted by molar-refractivity contribution is 7.89. The first-order valence-corrected chi connectivity index (χ1v) is 9.64. The number of sulfonamides is 1. The van der Waals surface area contributed by atoms with Crippen LogP contribution in [0.5, 0.6) is 0 Å². The van der Waals surface area contributed by atoms with E-state index < -0.39 is 15.6 Å². The molecular weight excluding hydrogens is 328 g/mol. The van der Waals surface area contributed by atoms with Crippen molar-refractivity contribution in [3.05, 3.63) is 24.3 Å². The minimum Gasteiger partial charge on any atom is -0.324 e. The van der Waals surface area contributed by atoms with Gasteiger partial charge in [0.05, 0.1) is 10.4 Å². The van der Waals surface area contributed by atoms with Crippen LogP contribution in [0.4, 0.5) is 5.69 Å². The molecule has 1 amide bonds. The SMILES string of the molecule is CN1CCCN(S(=O)(=O)c2cccc(NC(=O)C3(N)CC3)c2)CC1. The number of nitrogens with one attached hydrogen (secondary N) is 1. The van der Waals surface area contributed by atoms with E-state index in [2.05, 4.69) is 10.2 Å². The average molecular weight is 352 g/mol. The molecule has 1 aliphatic carbocycles. The maximum Gasteiger partial charge on any atom is 0.244 e. The molecule has 0 radical (unpaired) electrons. The molecule has 2 fully saturated rings. The molecule has 24 heavy (non-hydrogen) atoms. The van der Waals surface area contributed by atoms with Gasteiger partial charge < -0.3 is 16.0 Å². The number of carbonyl (C=O) groups is 1. The van der Waals surface area contributed by atoms with E-state index in [0.29, 0.717) is 38.2 Å². The van der Waals surface area contributed by atoms with E-state index >= 15 is 0 Å². The van der Waals surface area contributed by atoms with E-state index in [4.69, 9.17) is 5.73 Å². The molecule has 2 aliphatic rings. The van der Waals surface area contributed by atoms with E-state index in [9.17, 15) is 13.2 Å². The van der Waals surface area contributed by atoms with Crippen LogP contribution in [0.25, 0.3) is 0 Å². The Hall–Kier alpha value is -1.48. The Morgan fingerprint density at radius 3 is 2.67 bits per heavy atom. The summed E-state index contributed by atoms with van der Waals surface area (Å²) in [6, 6.07) is 6.39. The van der Waals surface area contributed by atoms with Gasteiger partial charge in [-0.25, -0.2) is 8.42 Å². The first-order valence-electron chi connectivity index (χ1n) is 8.20. The summed E-state index contributed by atoms with van der Waals surface area (Å²) < 4.78 is 27.2. The van der Waals surface area contributed by atoms with Gasteiger partial charge in [-0.3, -0.25) is 4.79 Å². The minimum atomic E-state index is -3.56. The Balaban J connectivity index is 1.78. The third-order valence-corrected chi connectivity index (χ3v) is 6.54. The number of benzene rings is 1. The highest BCUT2D eigenvalue weighted by Crippen LogP contribution is 2.33. The quantitative estimate of drug-likeness (QED) is 0.820. The summed E-state index contributed by atoms with van der Waals surface area (Å²) in [7, 11) is -1.57. The van der Waals surface area contributed by atoms with Gasteiger partial charge in [-0.2, -0.15) is 4.31 Å². The van der Waals surface area contributed by atoms with Crippen molar-refractivity contribution in [1.29, 1.82) is 0 Å². The molecule has 132 valence electrons. The van der Waals surface area contributed by atoms with Crippen molar-refractivity contribution < 1.29 is 13.2 Å². The number of anilines is 1. The zero-order valence-corrected chi connectivity index (χ0v) is 14.7. The molecule has 8 heteroatoms. The van der Waals surface area contributed by atoms with Gasteiger partial charge >= 0.3 is 0 Å². The highest BCUT2D eigenvalue weighted by Gasteiger charge is 2.46. The van der Waals surface area contributed by atoms with E-state index in [1.54, 1.807) is 18.2 Å². The van der Waals surface area contributed by atoms with Crippen LogP contribution >= 0.6 is 0 Å². The summed E-state index contributed by atoms with van der Waals surface area (Å²) in [5, 5.41) is 2.72. The summed E-state index contributed by atoms with van der Waals surface area (Å²) in [5.41, 5.74) is 5.54. The largest absolute Gasteiger partial charge is 0.324 e. The Bertz CT molecular complexity index is 731. The lowest BCUT2D eigenvalue weighted by molar-refractivity contribution is -0.118. The molecule has 3 N–H and O–H groups in total. The number of amides is 1. The molecule has 0 unspecified atom stereocenters. The van der Waals surface area contributed by atoms with Gasteiger partial charge in [-0.05, 0) is 51.1 Å². The normalized spacial score (nSPS) is 21.9. The Kier molecular flexibility index (Phi) is 4.65. The van der Waals surface area contributed by atoms with Gasteiger partial charge in [-0.1, -0.05) is 6.07 Å². The maximum absolute atomic E-state index is 12.9. The van der Waals surface area contributed by atoms with Gasteiger partial charge in [0.15, 0.2) is 0 Å². The van der Waals surface area contributed by atoms with Gasteiger partial charge in [0.1, 0.15) is 0 Å². The van der Waals surface area contributed by atoms with Crippen molar-refractivity contribution in [3.63, 3.8) is 0 Å². The minimum absolute atomic E-state index is 0.201. The van der Waals surface area contributed by atoms with E-state index in [0.717, 1.165) is 13.0 Å². The molecule has 7 nitrogen and oxygen atoms in total. The van der Waals surface area contributed by atoms with Crippen molar-refractivity contribution in [2.24, 2.45) is 5.73 Å². The fraction of sp³-hybridized carbons (Fsp3) is 0.562. The summed E-state index contributed by atoms with van der Waals surface area (Å²) in [5.74, 6) is -0.256. The summed E-state index contributed by atoms with van der Waals surface area (Å²) in [6.45, 7) is 2.59. The molecule has 3 rings (SSSR count). The Morgan fingerprint density at radius 1 is 1.21 bits per heavy atom. The van der Waals surface area contributed by atoms with Crippen molar-refractivity contribution in [2.45, 2.75) is 29.7 Å². The van der Waals surface area contributed by atoms with Gasteiger partial charge in [0.25, 0.3) is 0 Å². The Labute approximate surface area is 142 Å². The lowest BCUT2D eigenvalue weighted by Crippen LogP contribution is -2.38. The number of hydrogen-bond acceptors (Lipinski definition) is 5. The highest BCUT2D eigenvalue weighted by atomic mass is 32.2.